The summed E-state index contributed by atoms with van der Waals surface area (Å²) in [7, 11) is 0. The predicted molar refractivity (Wildman–Crippen MR) is 95.3 cm³/mol. The number of rotatable bonds is 4. The van der Waals surface area contributed by atoms with Crippen molar-refractivity contribution in [3.63, 3.8) is 0 Å². The summed E-state index contributed by atoms with van der Waals surface area (Å²) >= 11 is 0. The molecule has 3 N–H and O–H groups in total. The number of amides is 2. The molecule has 0 aromatic heterocycles. The zero-order chi connectivity index (χ0) is 18.7. The minimum Gasteiger partial charge on any atom is -0.370 e. The Morgan fingerprint density at radius 3 is 2.19 bits per heavy atom. The molecule has 0 bridgehead atoms. The minimum absolute atomic E-state index is 0.142. The summed E-state index contributed by atoms with van der Waals surface area (Å²) in [6.45, 7) is 1.65. The lowest BCUT2D eigenvalue weighted by atomic mass is 10.1. The van der Waals surface area contributed by atoms with Gasteiger partial charge in [0.1, 0.15) is 11.6 Å². The van der Waals surface area contributed by atoms with Gasteiger partial charge in [0.25, 0.3) is 5.91 Å². The quantitative estimate of drug-likeness (QED) is 0.879. The fraction of sp³-hybridized carbons (Fsp3) is 0.263. The molecule has 3 rings (SSSR count). The molecule has 136 valence electrons. The molecule has 1 aliphatic rings. The average Bonchev–Trinajstić information content (AvgIpc) is 2.61. The third-order valence-electron chi connectivity index (χ3n) is 4.35. The van der Waals surface area contributed by atoms with Crippen LogP contribution in [0.25, 0.3) is 0 Å². The van der Waals surface area contributed by atoms with Gasteiger partial charge in [0.15, 0.2) is 0 Å². The summed E-state index contributed by atoms with van der Waals surface area (Å²) in [6, 6.07) is 7.42. The lowest BCUT2D eigenvalue weighted by Crippen LogP contribution is -2.30. The number of hydrogen-bond donors (Lipinski definition) is 2. The molecule has 1 heterocycles. The van der Waals surface area contributed by atoms with E-state index >= 15 is 0 Å². The number of halogens is 2. The molecule has 0 saturated carbocycles. The minimum atomic E-state index is -0.836. The van der Waals surface area contributed by atoms with Gasteiger partial charge in [-0.1, -0.05) is 0 Å². The molecular weight excluding hydrogens is 340 g/mol. The smallest absolute Gasteiger partial charge is 0.255 e. The third-order valence-corrected chi connectivity index (χ3v) is 4.35. The highest BCUT2D eigenvalue weighted by molar-refractivity contribution is 6.07. The van der Waals surface area contributed by atoms with Crippen molar-refractivity contribution in [2.75, 3.05) is 23.3 Å². The lowest BCUT2D eigenvalue weighted by molar-refractivity contribution is 0.0996. The predicted octanol–water partition coefficient (Wildman–Crippen LogP) is 3.31. The fourth-order valence-electron chi connectivity index (χ4n) is 3.08. The van der Waals surface area contributed by atoms with Crippen LogP contribution in [-0.2, 0) is 0 Å². The summed E-state index contributed by atoms with van der Waals surface area (Å²) in [5, 5.41) is 2.65. The SMILES string of the molecule is NC(=O)c1ccc(N2CCCCC2)c(NC(=O)c2cc(F)cc(F)c2)c1. The second kappa shape index (κ2) is 7.51. The number of piperidine rings is 1. The number of benzene rings is 2. The maximum Gasteiger partial charge on any atom is 0.255 e. The zero-order valence-corrected chi connectivity index (χ0v) is 14.1. The van der Waals surface area contributed by atoms with Gasteiger partial charge < -0.3 is 16.0 Å². The highest BCUT2D eigenvalue weighted by atomic mass is 19.1. The summed E-state index contributed by atoms with van der Waals surface area (Å²) in [6.07, 6.45) is 3.19. The van der Waals surface area contributed by atoms with Gasteiger partial charge in [0, 0.05) is 30.3 Å². The third kappa shape index (κ3) is 3.99. The summed E-state index contributed by atoms with van der Waals surface area (Å²) < 4.78 is 26.8. The van der Waals surface area contributed by atoms with E-state index in [0.29, 0.717) is 11.8 Å². The molecule has 1 aliphatic heterocycles. The summed E-state index contributed by atoms with van der Waals surface area (Å²) in [5.74, 6) is -2.96. The van der Waals surface area contributed by atoms with Crippen LogP contribution < -0.4 is 16.0 Å². The molecule has 2 amide bonds. The van der Waals surface area contributed by atoms with Gasteiger partial charge in [-0.15, -0.1) is 0 Å². The Hall–Kier alpha value is -2.96. The second-order valence-corrected chi connectivity index (χ2v) is 6.26. The first-order chi connectivity index (χ1) is 12.4. The highest BCUT2D eigenvalue weighted by Gasteiger charge is 2.18. The van der Waals surface area contributed by atoms with E-state index in [0.717, 1.165) is 50.2 Å². The van der Waals surface area contributed by atoms with Crippen molar-refractivity contribution in [1.29, 1.82) is 0 Å². The number of anilines is 2. The first-order valence-corrected chi connectivity index (χ1v) is 8.40. The Balaban J connectivity index is 1.94. The van der Waals surface area contributed by atoms with Crippen LogP contribution in [0.5, 0.6) is 0 Å². The van der Waals surface area contributed by atoms with Gasteiger partial charge in [-0.25, -0.2) is 8.78 Å². The van der Waals surface area contributed by atoms with E-state index in [1.807, 2.05) is 0 Å². The number of nitrogens with one attached hydrogen (secondary N) is 1. The van der Waals surface area contributed by atoms with Gasteiger partial charge in [-0.05, 0) is 49.6 Å². The van der Waals surface area contributed by atoms with Crippen LogP contribution >= 0.6 is 0 Å². The van der Waals surface area contributed by atoms with Crippen LogP contribution in [0.4, 0.5) is 20.2 Å². The number of hydrogen-bond acceptors (Lipinski definition) is 3. The molecule has 2 aromatic rings. The number of nitrogens with two attached hydrogens (primary N) is 1. The Bertz CT molecular complexity index is 828. The Kier molecular flexibility index (Phi) is 5.16. The monoisotopic (exact) mass is 359 g/mol. The van der Waals surface area contributed by atoms with E-state index in [1.54, 1.807) is 12.1 Å². The van der Waals surface area contributed by atoms with Gasteiger partial charge in [-0.3, -0.25) is 9.59 Å². The van der Waals surface area contributed by atoms with Gasteiger partial charge >= 0.3 is 0 Å². The van der Waals surface area contributed by atoms with Gasteiger partial charge in [0.2, 0.25) is 5.91 Å². The van der Waals surface area contributed by atoms with E-state index in [-0.39, 0.29) is 11.1 Å². The molecule has 7 heteroatoms. The van der Waals surface area contributed by atoms with Crippen LogP contribution in [-0.4, -0.2) is 24.9 Å². The number of primary amides is 1. The fourth-order valence-corrected chi connectivity index (χ4v) is 3.08. The average molecular weight is 359 g/mol. The van der Waals surface area contributed by atoms with Crippen LogP contribution in [0.3, 0.4) is 0 Å². The number of carbonyl (C=O) groups is 2. The van der Waals surface area contributed by atoms with Crippen molar-refractivity contribution >= 4 is 23.2 Å². The van der Waals surface area contributed by atoms with Crippen molar-refractivity contribution in [2.45, 2.75) is 19.3 Å². The maximum atomic E-state index is 13.4. The van der Waals surface area contributed by atoms with E-state index in [4.69, 9.17) is 5.73 Å². The van der Waals surface area contributed by atoms with Crippen molar-refractivity contribution in [3.05, 3.63) is 59.2 Å². The first kappa shape index (κ1) is 17.8. The molecule has 0 spiro atoms. The maximum absolute atomic E-state index is 13.4. The number of carbonyl (C=O) groups excluding carboxylic acids is 2. The van der Waals surface area contributed by atoms with Crippen LogP contribution in [0.15, 0.2) is 36.4 Å². The molecule has 0 unspecified atom stereocenters. The van der Waals surface area contributed by atoms with Crippen molar-refractivity contribution in [3.8, 4) is 0 Å². The largest absolute Gasteiger partial charge is 0.370 e. The van der Waals surface area contributed by atoms with Crippen LogP contribution in [0.2, 0.25) is 0 Å². The first-order valence-electron chi connectivity index (χ1n) is 8.40. The zero-order valence-electron chi connectivity index (χ0n) is 14.1. The van der Waals surface area contributed by atoms with Crippen LogP contribution in [0.1, 0.15) is 40.0 Å². The van der Waals surface area contributed by atoms with E-state index in [1.165, 1.54) is 6.07 Å². The van der Waals surface area contributed by atoms with E-state index in [9.17, 15) is 18.4 Å². The number of nitrogens with zero attached hydrogens (tertiary/aromatic N) is 1. The van der Waals surface area contributed by atoms with Gasteiger partial charge in [0.05, 0.1) is 11.4 Å². The Morgan fingerprint density at radius 1 is 0.923 bits per heavy atom. The molecular formula is C19H19F2N3O2. The molecule has 5 nitrogen and oxygen atoms in total. The standard InChI is InChI=1S/C19H19F2N3O2/c20-14-8-13(9-15(21)11-14)19(26)23-16-10-12(18(22)25)4-5-17(16)24-6-2-1-3-7-24/h4-5,8-11H,1-3,6-7H2,(H2,22,25)(H,23,26). The molecule has 26 heavy (non-hydrogen) atoms. The summed E-state index contributed by atoms with van der Waals surface area (Å²) in [5.41, 5.74) is 6.57. The van der Waals surface area contributed by atoms with E-state index < -0.39 is 23.4 Å². The Labute approximate surface area is 149 Å². The molecule has 0 aliphatic carbocycles. The van der Waals surface area contributed by atoms with Crippen molar-refractivity contribution in [2.24, 2.45) is 5.73 Å². The Morgan fingerprint density at radius 2 is 1.58 bits per heavy atom. The molecule has 2 aromatic carbocycles. The van der Waals surface area contributed by atoms with Gasteiger partial charge in [-0.2, -0.15) is 0 Å². The second-order valence-electron chi connectivity index (χ2n) is 6.26. The molecule has 0 atom stereocenters. The van der Waals surface area contributed by atoms with Crippen molar-refractivity contribution in [1.82, 2.24) is 0 Å². The highest BCUT2D eigenvalue weighted by Crippen LogP contribution is 2.30. The summed E-state index contributed by atoms with van der Waals surface area (Å²) in [4.78, 5) is 26.0. The molecule has 1 saturated heterocycles. The van der Waals surface area contributed by atoms with Crippen molar-refractivity contribution < 1.29 is 18.4 Å². The van der Waals surface area contributed by atoms with Crippen LogP contribution in [0, 0.1) is 11.6 Å². The molecule has 1 fully saturated rings. The normalized spacial score (nSPS) is 14.2. The van der Waals surface area contributed by atoms with E-state index in [2.05, 4.69) is 10.2 Å². The topological polar surface area (TPSA) is 75.4 Å². The molecule has 0 radical (unpaired) electrons. The lowest BCUT2D eigenvalue weighted by Gasteiger charge is -2.30.